The number of hydrogen-bond donors (Lipinski definition) is 1. The number of carbonyl (C=O) groups excluding carboxylic acids is 1. The third-order valence-electron chi connectivity index (χ3n) is 5.60. The molecule has 2 heterocycles. The van der Waals surface area contributed by atoms with E-state index in [4.69, 9.17) is 14.2 Å². The molecule has 0 saturated heterocycles. The number of hydrogen-bond acceptors (Lipinski definition) is 6. The summed E-state index contributed by atoms with van der Waals surface area (Å²) < 4.78 is 20.0. The molecule has 1 N–H and O–H groups in total. The van der Waals surface area contributed by atoms with Crippen molar-refractivity contribution in [2.24, 2.45) is 7.05 Å². The van der Waals surface area contributed by atoms with Crippen molar-refractivity contribution in [2.45, 2.75) is 57.8 Å². The number of pyridine rings is 1. The summed E-state index contributed by atoms with van der Waals surface area (Å²) in [5.74, 6) is 1.23. The number of benzene rings is 1. The second-order valence-electron chi connectivity index (χ2n) is 8.33. The van der Waals surface area contributed by atoms with Crippen molar-refractivity contribution in [3.63, 3.8) is 0 Å². The summed E-state index contributed by atoms with van der Waals surface area (Å²) in [6.07, 6.45) is 5.72. The van der Waals surface area contributed by atoms with Gasteiger partial charge in [-0.15, -0.1) is 0 Å². The molecule has 2 aromatic heterocycles. The van der Waals surface area contributed by atoms with Gasteiger partial charge >= 0.3 is 0 Å². The van der Waals surface area contributed by atoms with Crippen molar-refractivity contribution in [1.29, 1.82) is 0 Å². The monoisotopic (exact) mass is 438 g/mol. The number of rotatable bonds is 8. The number of nitrogens with one attached hydrogen (secondary N) is 1. The molecule has 1 fully saturated rings. The molecule has 170 valence electrons. The fraction of sp³-hybridized carbons (Fsp3) is 0.458. The van der Waals surface area contributed by atoms with Gasteiger partial charge in [-0.05, 0) is 50.8 Å². The molecule has 3 aromatic rings. The Labute approximate surface area is 187 Å². The van der Waals surface area contributed by atoms with E-state index in [9.17, 15) is 4.79 Å². The van der Waals surface area contributed by atoms with Crippen LogP contribution in [0.25, 0.3) is 11.0 Å². The van der Waals surface area contributed by atoms with Gasteiger partial charge in [-0.2, -0.15) is 4.98 Å². The van der Waals surface area contributed by atoms with Crippen LogP contribution in [0.3, 0.4) is 0 Å². The number of aryl methyl sites for hydroxylation is 1. The fourth-order valence-corrected chi connectivity index (χ4v) is 3.98. The van der Waals surface area contributed by atoms with Gasteiger partial charge in [0.05, 0.1) is 23.7 Å². The molecule has 1 amide bonds. The molecule has 0 radical (unpaired) electrons. The number of fused-ring (bicyclic) bond motifs is 1. The molecule has 1 aromatic carbocycles. The second-order valence-corrected chi connectivity index (χ2v) is 8.33. The predicted molar refractivity (Wildman–Crippen MR) is 121 cm³/mol. The smallest absolute Gasteiger partial charge is 0.297 e. The summed E-state index contributed by atoms with van der Waals surface area (Å²) in [7, 11) is 1.95. The quantitative estimate of drug-likeness (QED) is 0.572. The van der Waals surface area contributed by atoms with E-state index in [0.717, 1.165) is 36.7 Å². The molecule has 1 aliphatic rings. The van der Waals surface area contributed by atoms with Gasteiger partial charge in [-0.1, -0.05) is 6.07 Å². The number of nitrogens with zero attached hydrogens (tertiary/aromatic N) is 3. The van der Waals surface area contributed by atoms with Crippen molar-refractivity contribution in [1.82, 2.24) is 19.9 Å². The Kier molecular flexibility index (Phi) is 6.90. The molecule has 1 atom stereocenters. The molecule has 8 nitrogen and oxygen atoms in total. The third kappa shape index (κ3) is 5.56. The summed E-state index contributed by atoms with van der Waals surface area (Å²) in [5, 5.41) is 2.85. The maximum Gasteiger partial charge on any atom is 0.297 e. The minimum absolute atomic E-state index is 0.0213. The maximum absolute atomic E-state index is 11.1. The van der Waals surface area contributed by atoms with Crippen LogP contribution in [0.2, 0.25) is 0 Å². The van der Waals surface area contributed by atoms with Crippen LogP contribution in [0.5, 0.6) is 17.6 Å². The van der Waals surface area contributed by atoms with Gasteiger partial charge in [-0.3, -0.25) is 9.36 Å². The zero-order valence-corrected chi connectivity index (χ0v) is 18.8. The Hall–Kier alpha value is -3.13. The van der Waals surface area contributed by atoms with Gasteiger partial charge in [0.2, 0.25) is 11.8 Å². The van der Waals surface area contributed by atoms with Crippen molar-refractivity contribution < 1.29 is 19.0 Å². The number of aromatic nitrogens is 3. The summed E-state index contributed by atoms with van der Waals surface area (Å²) in [5.41, 5.74) is 1.80. The first-order chi connectivity index (χ1) is 15.5. The first-order valence-corrected chi connectivity index (χ1v) is 11.1. The molecule has 1 saturated carbocycles. The Morgan fingerprint density at radius 1 is 1.19 bits per heavy atom. The van der Waals surface area contributed by atoms with E-state index in [-0.39, 0.29) is 24.2 Å². The lowest BCUT2D eigenvalue weighted by atomic mass is 9.95. The molecule has 0 spiro atoms. The molecule has 0 bridgehead atoms. The lowest BCUT2D eigenvalue weighted by Crippen LogP contribution is -2.37. The first-order valence-electron chi connectivity index (χ1n) is 11.1. The summed E-state index contributed by atoms with van der Waals surface area (Å²) in [4.78, 5) is 20.0. The second kappa shape index (κ2) is 9.99. The Morgan fingerprint density at radius 3 is 2.69 bits per heavy atom. The van der Waals surface area contributed by atoms with Crippen LogP contribution in [-0.4, -0.2) is 45.3 Å². The van der Waals surface area contributed by atoms with E-state index < -0.39 is 0 Å². The van der Waals surface area contributed by atoms with Crippen LogP contribution < -0.4 is 14.8 Å². The van der Waals surface area contributed by atoms with Crippen molar-refractivity contribution in [2.75, 3.05) is 6.61 Å². The molecule has 8 heteroatoms. The van der Waals surface area contributed by atoms with Crippen LogP contribution in [0, 0.1) is 0 Å². The molecule has 4 rings (SSSR count). The standard InChI is InChI=1S/C24H30N4O4/c1-16(26-17(2)29)15-30-18-7-9-19(10-8-18)32-24-27-21-12-11-20(14-22(21)28(24)3)31-23-6-4-5-13-25-23/h4-6,11-14,16,18-19H,7-10,15H2,1-3H3,(H,26,29)/t16-,18?,19?/m0/s1. The highest BCUT2D eigenvalue weighted by atomic mass is 16.5. The van der Waals surface area contributed by atoms with Gasteiger partial charge in [0.1, 0.15) is 11.9 Å². The van der Waals surface area contributed by atoms with E-state index in [0.29, 0.717) is 24.2 Å². The average Bonchev–Trinajstić information content (AvgIpc) is 3.08. The van der Waals surface area contributed by atoms with Gasteiger partial charge in [0.15, 0.2) is 0 Å². The number of carbonyl (C=O) groups is 1. The molecule has 32 heavy (non-hydrogen) atoms. The zero-order chi connectivity index (χ0) is 22.5. The molecule has 0 unspecified atom stereocenters. The Bertz CT molecular complexity index is 1040. The highest BCUT2D eigenvalue weighted by Gasteiger charge is 2.25. The zero-order valence-electron chi connectivity index (χ0n) is 18.8. The van der Waals surface area contributed by atoms with Crippen LogP contribution in [0.15, 0.2) is 42.6 Å². The van der Waals surface area contributed by atoms with E-state index in [1.165, 1.54) is 6.92 Å². The number of amides is 1. The fourth-order valence-electron chi connectivity index (χ4n) is 3.98. The Balaban J connectivity index is 1.33. The lowest BCUT2D eigenvalue weighted by molar-refractivity contribution is -0.120. The molecular formula is C24H30N4O4. The third-order valence-corrected chi connectivity index (χ3v) is 5.60. The largest absolute Gasteiger partial charge is 0.461 e. The molecule has 0 aliphatic heterocycles. The van der Waals surface area contributed by atoms with Crippen molar-refractivity contribution in [3.05, 3.63) is 42.6 Å². The van der Waals surface area contributed by atoms with Gasteiger partial charge < -0.3 is 19.5 Å². The van der Waals surface area contributed by atoms with E-state index in [1.54, 1.807) is 6.20 Å². The lowest BCUT2D eigenvalue weighted by Gasteiger charge is -2.29. The summed E-state index contributed by atoms with van der Waals surface area (Å²) in [6.45, 7) is 4.01. The minimum atomic E-state index is -0.0314. The highest BCUT2D eigenvalue weighted by molar-refractivity contribution is 5.78. The van der Waals surface area contributed by atoms with Crippen LogP contribution in [-0.2, 0) is 16.6 Å². The van der Waals surface area contributed by atoms with E-state index in [2.05, 4.69) is 15.3 Å². The highest BCUT2D eigenvalue weighted by Crippen LogP contribution is 2.29. The van der Waals surface area contributed by atoms with E-state index in [1.807, 2.05) is 54.9 Å². The SMILES string of the molecule is CC(=O)N[C@@H](C)COC1CCC(Oc2nc3ccc(Oc4ccccn4)cc3n2C)CC1. The normalized spacial score (nSPS) is 19.5. The van der Waals surface area contributed by atoms with Crippen LogP contribution >= 0.6 is 0 Å². The number of imidazole rings is 1. The predicted octanol–water partition coefficient (Wildman–Crippen LogP) is 3.99. The summed E-state index contributed by atoms with van der Waals surface area (Å²) >= 11 is 0. The molecule has 1 aliphatic carbocycles. The average molecular weight is 439 g/mol. The van der Waals surface area contributed by atoms with Crippen molar-refractivity contribution in [3.8, 4) is 17.6 Å². The van der Waals surface area contributed by atoms with Crippen LogP contribution in [0.1, 0.15) is 39.5 Å². The van der Waals surface area contributed by atoms with Gasteiger partial charge in [-0.25, -0.2) is 4.98 Å². The van der Waals surface area contributed by atoms with Crippen LogP contribution in [0.4, 0.5) is 0 Å². The van der Waals surface area contributed by atoms with Gasteiger partial charge in [0, 0.05) is 38.3 Å². The van der Waals surface area contributed by atoms with E-state index >= 15 is 0 Å². The topological polar surface area (TPSA) is 87.5 Å². The number of ether oxygens (including phenoxy) is 3. The minimum Gasteiger partial charge on any atom is -0.461 e. The van der Waals surface area contributed by atoms with Gasteiger partial charge in [0.25, 0.3) is 6.01 Å². The Morgan fingerprint density at radius 2 is 1.97 bits per heavy atom. The summed E-state index contributed by atoms with van der Waals surface area (Å²) in [6, 6.07) is 12.0. The van der Waals surface area contributed by atoms with Crippen molar-refractivity contribution >= 4 is 16.9 Å². The first kappa shape index (κ1) is 22.1. The molecular weight excluding hydrogens is 408 g/mol. The maximum atomic E-state index is 11.1.